The smallest absolute Gasteiger partial charge is 0.218 e. The van der Waals surface area contributed by atoms with Crippen LogP contribution >= 0.6 is 0 Å². The molecule has 0 amide bonds. The molecular formula is C10H19N5. The standard InChI is InChI=1S/C10H19N5/c11-9(12)15-10(13)14-5-8(6-1-2-6)7-3-4-7/h6-8H,1-5H2,(H6,11,12,13,14,15). The third-order valence-electron chi connectivity index (χ3n) is 3.16. The van der Waals surface area contributed by atoms with Crippen molar-refractivity contribution in [3.8, 4) is 0 Å². The van der Waals surface area contributed by atoms with E-state index in [2.05, 4.69) is 9.98 Å². The number of aliphatic imine (C=N–C) groups is 2. The summed E-state index contributed by atoms with van der Waals surface area (Å²) in [6.07, 6.45) is 5.44. The first-order valence-electron chi connectivity index (χ1n) is 5.56. The first kappa shape index (κ1) is 10.3. The highest BCUT2D eigenvalue weighted by Gasteiger charge is 2.40. The van der Waals surface area contributed by atoms with E-state index in [0.717, 1.165) is 24.3 Å². The van der Waals surface area contributed by atoms with Gasteiger partial charge in [-0.25, -0.2) is 0 Å². The quantitative estimate of drug-likeness (QED) is 0.449. The van der Waals surface area contributed by atoms with Gasteiger partial charge in [0.1, 0.15) is 0 Å². The minimum Gasteiger partial charge on any atom is -0.370 e. The lowest BCUT2D eigenvalue weighted by Gasteiger charge is -2.11. The maximum absolute atomic E-state index is 5.57. The Labute approximate surface area is 89.8 Å². The summed E-state index contributed by atoms with van der Waals surface area (Å²) >= 11 is 0. The van der Waals surface area contributed by atoms with E-state index in [1.54, 1.807) is 0 Å². The summed E-state index contributed by atoms with van der Waals surface area (Å²) in [4.78, 5) is 7.94. The molecule has 0 atom stereocenters. The van der Waals surface area contributed by atoms with Crippen LogP contribution in [0.4, 0.5) is 0 Å². The zero-order valence-electron chi connectivity index (χ0n) is 8.89. The van der Waals surface area contributed by atoms with Crippen LogP contribution < -0.4 is 17.2 Å². The Morgan fingerprint density at radius 3 is 2.00 bits per heavy atom. The van der Waals surface area contributed by atoms with Gasteiger partial charge in [0.15, 0.2) is 5.96 Å². The molecule has 0 saturated heterocycles. The summed E-state index contributed by atoms with van der Waals surface area (Å²) < 4.78 is 0. The van der Waals surface area contributed by atoms with Gasteiger partial charge in [-0.05, 0) is 43.4 Å². The Balaban J connectivity index is 1.86. The summed E-state index contributed by atoms with van der Waals surface area (Å²) in [5.74, 6) is 2.67. The van der Waals surface area contributed by atoms with Crippen molar-refractivity contribution in [1.82, 2.24) is 0 Å². The van der Waals surface area contributed by atoms with Gasteiger partial charge in [-0.15, -0.1) is 0 Å². The second-order valence-corrected chi connectivity index (χ2v) is 4.57. The molecule has 0 aromatic carbocycles. The predicted octanol–water partition coefficient (Wildman–Crippen LogP) is 0.0107. The normalized spacial score (nSPS) is 21.8. The molecule has 2 aliphatic rings. The molecule has 0 unspecified atom stereocenters. The van der Waals surface area contributed by atoms with Gasteiger partial charge in [0.2, 0.25) is 5.96 Å². The van der Waals surface area contributed by atoms with Gasteiger partial charge < -0.3 is 17.2 Å². The number of hydrogen-bond donors (Lipinski definition) is 3. The van der Waals surface area contributed by atoms with Gasteiger partial charge >= 0.3 is 0 Å². The minimum absolute atomic E-state index is 0.0226. The van der Waals surface area contributed by atoms with E-state index in [4.69, 9.17) is 17.2 Å². The summed E-state index contributed by atoms with van der Waals surface area (Å²) in [6, 6.07) is 0. The van der Waals surface area contributed by atoms with E-state index in [9.17, 15) is 0 Å². The fourth-order valence-corrected chi connectivity index (χ4v) is 2.10. The van der Waals surface area contributed by atoms with E-state index in [1.807, 2.05) is 0 Å². The van der Waals surface area contributed by atoms with Crippen LogP contribution in [0.25, 0.3) is 0 Å². The largest absolute Gasteiger partial charge is 0.370 e. The van der Waals surface area contributed by atoms with Crippen molar-refractivity contribution in [3.05, 3.63) is 0 Å². The molecule has 0 aromatic rings. The summed E-state index contributed by atoms with van der Waals surface area (Å²) in [6.45, 7) is 0.790. The Bertz CT molecular complexity index is 272. The Kier molecular flexibility index (Phi) is 2.79. The Morgan fingerprint density at radius 2 is 1.60 bits per heavy atom. The molecule has 15 heavy (non-hydrogen) atoms. The van der Waals surface area contributed by atoms with Gasteiger partial charge in [0, 0.05) is 6.54 Å². The highest BCUT2D eigenvalue weighted by Crippen LogP contribution is 2.49. The second kappa shape index (κ2) is 4.08. The van der Waals surface area contributed by atoms with Gasteiger partial charge in [-0.2, -0.15) is 4.99 Å². The van der Waals surface area contributed by atoms with Crippen LogP contribution in [0.15, 0.2) is 9.98 Å². The van der Waals surface area contributed by atoms with E-state index < -0.39 is 0 Å². The molecule has 0 spiro atoms. The van der Waals surface area contributed by atoms with Crippen LogP contribution in [-0.2, 0) is 0 Å². The summed E-state index contributed by atoms with van der Waals surface area (Å²) in [5.41, 5.74) is 16.0. The summed E-state index contributed by atoms with van der Waals surface area (Å²) in [7, 11) is 0. The lowest BCUT2D eigenvalue weighted by molar-refractivity contribution is 0.418. The molecule has 6 N–H and O–H groups in total. The van der Waals surface area contributed by atoms with Crippen LogP contribution in [0, 0.1) is 17.8 Å². The first-order valence-corrected chi connectivity index (χ1v) is 5.56. The lowest BCUT2D eigenvalue weighted by atomic mass is 9.98. The third-order valence-corrected chi connectivity index (χ3v) is 3.16. The number of guanidine groups is 2. The minimum atomic E-state index is -0.0226. The maximum atomic E-state index is 5.57. The number of nitrogens with two attached hydrogens (primary N) is 3. The molecule has 2 rings (SSSR count). The van der Waals surface area contributed by atoms with Crippen molar-refractivity contribution < 1.29 is 0 Å². The number of hydrogen-bond acceptors (Lipinski definition) is 1. The van der Waals surface area contributed by atoms with Gasteiger partial charge in [0.25, 0.3) is 0 Å². The molecule has 5 nitrogen and oxygen atoms in total. The molecule has 0 aliphatic heterocycles. The van der Waals surface area contributed by atoms with Crippen LogP contribution in [-0.4, -0.2) is 18.5 Å². The average Bonchev–Trinajstić information content (AvgIpc) is 2.99. The van der Waals surface area contributed by atoms with E-state index in [-0.39, 0.29) is 11.9 Å². The molecule has 2 aliphatic carbocycles. The SMILES string of the molecule is NC(N)=NC(N)=NCC(C1CC1)C1CC1. The van der Waals surface area contributed by atoms with Crippen molar-refractivity contribution in [2.24, 2.45) is 44.9 Å². The molecular weight excluding hydrogens is 190 g/mol. The zero-order chi connectivity index (χ0) is 10.8. The highest BCUT2D eigenvalue weighted by atomic mass is 15.1. The lowest BCUT2D eigenvalue weighted by Crippen LogP contribution is -2.27. The molecule has 84 valence electrons. The molecule has 0 radical (unpaired) electrons. The first-order chi connectivity index (χ1) is 7.16. The van der Waals surface area contributed by atoms with Crippen molar-refractivity contribution >= 4 is 11.9 Å². The average molecular weight is 209 g/mol. The van der Waals surface area contributed by atoms with Crippen LogP contribution in [0.2, 0.25) is 0 Å². The molecule has 0 aromatic heterocycles. The van der Waals surface area contributed by atoms with Crippen molar-refractivity contribution in [3.63, 3.8) is 0 Å². The predicted molar refractivity (Wildman–Crippen MR) is 61.2 cm³/mol. The number of rotatable bonds is 4. The number of nitrogens with zero attached hydrogens (tertiary/aromatic N) is 2. The van der Waals surface area contributed by atoms with E-state index in [0.29, 0.717) is 0 Å². The zero-order valence-corrected chi connectivity index (χ0v) is 8.89. The second-order valence-electron chi connectivity index (χ2n) is 4.57. The van der Waals surface area contributed by atoms with Crippen molar-refractivity contribution in [2.45, 2.75) is 25.7 Å². The van der Waals surface area contributed by atoms with E-state index >= 15 is 0 Å². The highest BCUT2D eigenvalue weighted by molar-refractivity contribution is 5.92. The fraction of sp³-hybridized carbons (Fsp3) is 0.800. The van der Waals surface area contributed by atoms with E-state index in [1.165, 1.54) is 25.7 Å². The molecule has 2 saturated carbocycles. The summed E-state index contributed by atoms with van der Waals surface area (Å²) in [5, 5.41) is 0. The van der Waals surface area contributed by atoms with Gasteiger partial charge in [-0.3, -0.25) is 4.99 Å². The van der Waals surface area contributed by atoms with Crippen molar-refractivity contribution in [2.75, 3.05) is 6.54 Å². The Hall–Kier alpha value is -1.26. The third kappa shape index (κ3) is 3.11. The van der Waals surface area contributed by atoms with Crippen molar-refractivity contribution in [1.29, 1.82) is 0 Å². The monoisotopic (exact) mass is 209 g/mol. The Morgan fingerprint density at radius 1 is 1.07 bits per heavy atom. The van der Waals surface area contributed by atoms with Gasteiger partial charge in [-0.1, -0.05) is 0 Å². The fourth-order valence-electron chi connectivity index (χ4n) is 2.10. The van der Waals surface area contributed by atoms with Crippen LogP contribution in [0.5, 0.6) is 0 Å². The molecule has 0 heterocycles. The van der Waals surface area contributed by atoms with Crippen LogP contribution in [0.1, 0.15) is 25.7 Å². The maximum Gasteiger partial charge on any atom is 0.218 e. The molecule has 2 fully saturated rings. The topological polar surface area (TPSA) is 103 Å². The van der Waals surface area contributed by atoms with Crippen LogP contribution in [0.3, 0.4) is 0 Å². The molecule has 0 bridgehead atoms. The van der Waals surface area contributed by atoms with Gasteiger partial charge in [0.05, 0.1) is 0 Å². The molecule has 5 heteroatoms.